The minimum Gasteiger partial charge on any atom is -0.496 e. The van der Waals surface area contributed by atoms with Crippen LogP contribution in [0.3, 0.4) is 0 Å². The highest BCUT2D eigenvalue weighted by Gasteiger charge is 2.01. The molecule has 0 heterocycles. The highest BCUT2D eigenvalue weighted by Crippen LogP contribution is 2.19. The van der Waals surface area contributed by atoms with Gasteiger partial charge in [-0.2, -0.15) is 0 Å². The van der Waals surface area contributed by atoms with E-state index in [0.717, 1.165) is 24.1 Å². The molecule has 0 aromatic heterocycles. The second-order valence-corrected chi connectivity index (χ2v) is 3.34. The summed E-state index contributed by atoms with van der Waals surface area (Å²) in [6.45, 7) is 0.871. The molecule has 1 aromatic carbocycles. The fourth-order valence-electron chi connectivity index (χ4n) is 1.31. The standard InChI is InChI=1S/C13H17NO2/c1-14-8-4-3-5-11-6-7-12(10-15)13(9-11)16-2/h6-7,9,14-15H,4,8,10H2,1-2H3. The third-order valence-electron chi connectivity index (χ3n) is 2.19. The lowest BCUT2D eigenvalue weighted by Crippen LogP contribution is -2.05. The maximum absolute atomic E-state index is 9.06. The van der Waals surface area contributed by atoms with Gasteiger partial charge in [0.1, 0.15) is 5.75 Å². The maximum Gasteiger partial charge on any atom is 0.125 e. The fourth-order valence-corrected chi connectivity index (χ4v) is 1.31. The lowest BCUT2D eigenvalue weighted by Gasteiger charge is -2.05. The third kappa shape index (κ3) is 3.58. The Hall–Kier alpha value is -1.50. The summed E-state index contributed by atoms with van der Waals surface area (Å²) in [6.07, 6.45) is 0.820. The van der Waals surface area contributed by atoms with Gasteiger partial charge in [0.15, 0.2) is 0 Å². The Morgan fingerprint density at radius 1 is 1.44 bits per heavy atom. The molecule has 0 amide bonds. The van der Waals surface area contributed by atoms with Crippen molar-refractivity contribution in [3.05, 3.63) is 29.3 Å². The van der Waals surface area contributed by atoms with Gasteiger partial charge in [0.05, 0.1) is 13.7 Å². The molecule has 0 saturated carbocycles. The molecule has 1 rings (SSSR count). The van der Waals surface area contributed by atoms with Gasteiger partial charge in [-0.3, -0.25) is 0 Å². The van der Waals surface area contributed by atoms with E-state index in [1.807, 2.05) is 25.2 Å². The minimum absolute atomic E-state index is 0.0172. The molecule has 16 heavy (non-hydrogen) atoms. The zero-order valence-corrected chi connectivity index (χ0v) is 9.71. The topological polar surface area (TPSA) is 41.5 Å². The summed E-state index contributed by atoms with van der Waals surface area (Å²) in [5.74, 6) is 6.80. The highest BCUT2D eigenvalue weighted by molar-refractivity contribution is 5.44. The molecule has 0 aliphatic heterocycles. The summed E-state index contributed by atoms with van der Waals surface area (Å²) in [6, 6.07) is 5.57. The molecule has 0 aliphatic carbocycles. The van der Waals surface area contributed by atoms with Gasteiger partial charge in [-0.15, -0.1) is 0 Å². The van der Waals surface area contributed by atoms with Crippen molar-refractivity contribution in [1.82, 2.24) is 5.32 Å². The molecule has 0 radical (unpaired) electrons. The van der Waals surface area contributed by atoms with Crippen LogP contribution >= 0.6 is 0 Å². The maximum atomic E-state index is 9.06. The second kappa shape index (κ2) is 6.89. The van der Waals surface area contributed by atoms with Crippen LogP contribution in [0.15, 0.2) is 18.2 Å². The quantitative estimate of drug-likeness (QED) is 0.589. The Labute approximate surface area is 96.4 Å². The van der Waals surface area contributed by atoms with Gasteiger partial charge in [-0.05, 0) is 19.2 Å². The van der Waals surface area contributed by atoms with Gasteiger partial charge in [0.25, 0.3) is 0 Å². The lowest BCUT2D eigenvalue weighted by atomic mass is 10.1. The molecule has 0 bridgehead atoms. The van der Waals surface area contributed by atoms with Crippen molar-refractivity contribution in [1.29, 1.82) is 0 Å². The van der Waals surface area contributed by atoms with E-state index in [1.165, 1.54) is 0 Å². The van der Waals surface area contributed by atoms with E-state index in [1.54, 1.807) is 7.11 Å². The molecule has 0 spiro atoms. The van der Waals surface area contributed by atoms with Crippen LogP contribution in [-0.4, -0.2) is 25.8 Å². The number of methoxy groups -OCH3 is 1. The van der Waals surface area contributed by atoms with Gasteiger partial charge in [-0.1, -0.05) is 17.9 Å². The Kier molecular flexibility index (Phi) is 5.41. The minimum atomic E-state index is -0.0172. The molecule has 2 N–H and O–H groups in total. The summed E-state index contributed by atoms with van der Waals surface area (Å²) in [5.41, 5.74) is 1.69. The average molecular weight is 219 g/mol. The van der Waals surface area contributed by atoms with E-state index in [4.69, 9.17) is 9.84 Å². The van der Waals surface area contributed by atoms with Gasteiger partial charge < -0.3 is 15.2 Å². The molecular formula is C13H17NO2. The monoisotopic (exact) mass is 219 g/mol. The number of nitrogens with one attached hydrogen (secondary N) is 1. The number of hydrogen-bond donors (Lipinski definition) is 2. The first-order chi connectivity index (χ1) is 7.81. The zero-order valence-electron chi connectivity index (χ0n) is 9.71. The number of hydrogen-bond acceptors (Lipinski definition) is 3. The first kappa shape index (κ1) is 12.6. The van der Waals surface area contributed by atoms with E-state index in [-0.39, 0.29) is 6.61 Å². The number of aliphatic hydroxyl groups excluding tert-OH is 1. The Bertz CT molecular complexity index is 391. The summed E-state index contributed by atoms with van der Waals surface area (Å²) < 4.78 is 5.16. The van der Waals surface area contributed by atoms with Crippen LogP contribution in [0.1, 0.15) is 17.5 Å². The Morgan fingerprint density at radius 2 is 2.25 bits per heavy atom. The fraction of sp³-hybridized carbons (Fsp3) is 0.385. The van der Waals surface area contributed by atoms with E-state index in [9.17, 15) is 0 Å². The van der Waals surface area contributed by atoms with Crippen LogP contribution in [0.25, 0.3) is 0 Å². The average Bonchev–Trinajstić information content (AvgIpc) is 2.34. The van der Waals surface area contributed by atoms with Crippen LogP contribution < -0.4 is 10.1 Å². The molecule has 0 unspecified atom stereocenters. The van der Waals surface area contributed by atoms with Crippen molar-refractivity contribution in [2.24, 2.45) is 0 Å². The summed E-state index contributed by atoms with van der Waals surface area (Å²) in [7, 11) is 3.49. The van der Waals surface area contributed by atoms with Crippen molar-refractivity contribution >= 4 is 0 Å². The molecule has 3 heteroatoms. The van der Waals surface area contributed by atoms with Crippen LogP contribution in [0.5, 0.6) is 5.75 Å². The number of ether oxygens (including phenoxy) is 1. The van der Waals surface area contributed by atoms with E-state index in [0.29, 0.717) is 5.75 Å². The Morgan fingerprint density at radius 3 is 2.88 bits per heavy atom. The number of rotatable bonds is 4. The Balaban J connectivity index is 2.77. The van der Waals surface area contributed by atoms with E-state index in [2.05, 4.69) is 17.2 Å². The summed E-state index contributed by atoms with van der Waals surface area (Å²) in [5, 5.41) is 12.1. The zero-order chi connectivity index (χ0) is 11.8. The number of aliphatic hydroxyl groups is 1. The van der Waals surface area contributed by atoms with Crippen LogP contribution in [0.4, 0.5) is 0 Å². The molecule has 86 valence electrons. The molecule has 1 aromatic rings. The highest BCUT2D eigenvalue weighted by atomic mass is 16.5. The molecule has 0 saturated heterocycles. The van der Waals surface area contributed by atoms with E-state index >= 15 is 0 Å². The molecular weight excluding hydrogens is 202 g/mol. The van der Waals surface area contributed by atoms with Gasteiger partial charge >= 0.3 is 0 Å². The van der Waals surface area contributed by atoms with Gasteiger partial charge in [0, 0.05) is 24.1 Å². The van der Waals surface area contributed by atoms with Crippen molar-refractivity contribution in [2.45, 2.75) is 13.0 Å². The smallest absolute Gasteiger partial charge is 0.125 e. The number of benzene rings is 1. The normalized spacial score (nSPS) is 9.44. The van der Waals surface area contributed by atoms with Crippen molar-refractivity contribution in [3.8, 4) is 17.6 Å². The summed E-state index contributed by atoms with van der Waals surface area (Å²) in [4.78, 5) is 0. The first-order valence-corrected chi connectivity index (χ1v) is 5.23. The van der Waals surface area contributed by atoms with Crippen LogP contribution in [0.2, 0.25) is 0 Å². The largest absolute Gasteiger partial charge is 0.496 e. The van der Waals surface area contributed by atoms with Crippen molar-refractivity contribution < 1.29 is 9.84 Å². The van der Waals surface area contributed by atoms with Crippen molar-refractivity contribution in [2.75, 3.05) is 20.7 Å². The second-order valence-electron chi connectivity index (χ2n) is 3.34. The van der Waals surface area contributed by atoms with E-state index < -0.39 is 0 Å². The molecule has 0 atom stereocenters. The predicted molar refractivity (Wildman–Crippen MR) is 64.3 cm³/mol. The van der Waals surface area contributed by atoms with Gasteiger partial charge in [-0.25, -0.2) is 0 Å². The third-order valence-corrected chi connectivity index (χ3v) is 2.19. The molecule has 3 nitrogen and oxygen atoms in total. The molecule has 0 fully saturated rings. The van der Waals surface area contributed by atoms with Crippen LogP contribution in [0, 0.1) is 11.8 Å². The van der Waals surface area contributed by atoms with Gasteiger partial charge in [0.2, 0.25) is 0 Å². The first-order valence-electron chi connectivity index (χ1n) is 5.23. The summed E-state index contributed by atoms with van der Waals surface area (Å²) >= 11 is 0. The SMILES string of the molecule is CNCCC#Cc1ccc(CO)c(OC)c1. The van der Waals surface area contributed by atoms with Crippen molar-refractivity contribution in [3.63, 3.8) is 0 Å². The predicted octanol–water partition coefficient (Wildman–Crippen LogP) is 1.15. The lowest BCUT2D eigenvalue weighted by molar-refractivity contribution is 0.274. The molecule has 0 aliphatic rings. The van der Waals surface area contributed by atoms with Crippen LogP contribution in [-0.2, 0) is 6.61 Å².